The standard InChI is InChI=1S/C9H16N4O/c1-13-9(11-7-12-13)6-14-8-2-4-10-5-3-8/h7-8,10H,2-6H2,1H3. The fourth-order valence-corrected chi connectivity index (χ4v) is 1.61. The fourth-order valence-electron chi connectivity index (χ4n) is 1.61. The van der Waals surface area contributed by atoms with E-state index >= 15 is 0 Å². The number of ether oxygens (including phenoxy) is 1. The Morgan fingerprint density at radius 3 is 3.00 bits per heavy atom. The van der Waals surface area contributed by atoms with E-state index in [4.69, 9.17) is 4.74 Å². The summed E-state index contributed by atoms with van der Waals surface area (Å²) in [4.78, 5) is 4.11. The van der Waals surface area contributed by atoms with Crippen molar-refractivity contribution in [3.8, 4) is 0 Å². The molecule has 0 aliphatic carbocycles. The van der Waals surface area contributed by atoms with Gasteiger partial charge in [0, 0.05) is 7.05 Å². The lowest BCUT2D eigenvalue weighted by Crippen LogP contribution is -2.32. The second kappa shape index (κ2) is 4.52. The molecule has 0 aromatic carbocycles. The lowest BCUT2D eigenvalue weighted by Gasteiger charge is -2.22. The summed E-state index contributed by atoms with van der Waals surface area (Å²) in [5.74, 6) is 0.892. The molecule has 0 unspecified atom stereocenters. The van der Waals surface area contributed by atoms with Crippen LogP contribution in [0.4, 0.5) is 0 Å². The smallest absolute Gasteiger partial charge is 0.152 e. The molecule has 1 aromatic heterocycles. The van der Waals surface area contributed by atoms with Crippen LogP contribution in [-0.2, 0) is 18.4 Å². The van der Waals surface area contributed by atoms with Gasteiger partial charge in [0.2, 0.25) is 0 Å². The molecular formula is C9H16N4O. The number of aryl methyl sites for hydroxylation is 1. The lowest BCUT2D eigenvalue weighted by atomic mass is 10.1. The van der Waals surface area contributed by atoms with Crippen LogP contribution >= 0.6 is 0 Å². The summed E-state index contributed by atoms with van der Waals surface area (Å²) in [5.41, 5.74) is 0. The molecule has 14 heavy (non-hydrogen) atoms. The van der Waals surface area contributed by atoms with Crippen LogP contribution in [0.3, 0.4) is 0 Å². The third kappa shape index (κ3) is 2.30. The van der Waals surface area contributed by atoms with Gasteiger partial charge in [0.15, 0.2) is 5.82 Å². The Balaban J connectivity index is 1.79. The molecule has 0 bridgehead atoms. The van der Waals surface area contributed by atoms with Crippen molar-refractivity contribution in [2.45, 2.75) is 25.6 Å². The monoisotopic (exact) mass is 196 g/mol. The van der Waals surface area contributed by atoms with Crippen LogP contribution in [0.5, 0.6) is 0 Å². The topological polar surface area (TPSA) is 52.0 Å². The molecule has 2 heterocycles. The fraction of sp³-hybridized carbons (Fsp3) is 0.778. The van der Waals surface area contributed by atoms with Crippen LogP contribution in [0.15, 0.2) is 6.33 Å². The zero-order valence-corrected chi connectivity index (χ0v) is 8.44. The first kappa shape index (κ1) is 9.61. The average Bonchev–Trinajstić information content (AvgIpc) is 2.63. The van der Waals surface area contributed by atoms with Gasteiger partial charge in [-0.3, -0.25) is 4.68 Å². The number of nitrogens with one attached hydrogen (secondary N) is 1. The van der Waals surface area contributed by atoms with Gasteiger partial charge >= 0.3 is 0 Å². The number of aromatic nitrogens is 3. The van der Waals surface area contributed by atoms with Gasteiger partial charge in [-0.25, -0.2) is 4.98 Å². The Hall–Kier alpha value is -0.940. The number of hydrogen-bond acceptors (Lipinski definition) is 4. The molecular weight excluding hydrogens is 180 g/mol. The molecule has 78 valence electrons. The summed E-state index contributed by atoms with van der Waals surface area (Å²) in [6.07, 6.45) is 4.13. The first-order valence-electron chi connectivity index (χ1n) is 5.01. The number of rotatable bonds is 3. The maximum absolute atomic E-state index is 5.74. The third-order valence-corrected chi connectivity index (χ3v) is 2.54. The first-order valence-corrected chi connectivity index (χ1v) is 5.01. The highest BCUT2D eigenvalue weighted by molar-refractivity contribution is 4.80. The summed E-state index contributed by atoms with van der Waals surface area (Å²) >= 11 is 0. The molecule has 1 aromatic rings. The first-order chi connectivity index (χ1) is 6.86. The maximum Gasteiger partial charge on any atom is 0.152 e. The average molecular weight is 196 g/mol. The summed E-state index contributed by atoms with van der Waals surface area (Å²) in [6, 6.07) is 0. The minimum Gasteiger partial charge on any atom is -0.370 e. The molecule has 1 N–H and O–H groups in total. The van der Waals surface area contributed by atoms with Gasteiger partial charge in [0.1, 0.15) is 12.9 Å². The van der Waals surface area contributed by atoms with Crippen molar-refractivity contribution in [1.82, 2.24) is 20.1 Å². The van der Waals surface area contributed by atoms with E-state index in [0.717, 1.165) is 31.8 Å². The maximum atomic E-state index is 5.74. The lowest BCUT2D eigenvalue weighted by molar-refractivity contribution is 0.0165. The van der Waals surface area contributed by atoms with Gasteiger partial charge in [-0.1, -0.05) is 0 Å². The van der Waals surface area contributed by atoms with Gasteiger partial charge in [0.05, 0.1) is 6.10 Å². The molecule has 5 nitrogen and oxygen atoms in total. The van der Waals surface area contributed by atoms with E-state index in [1.807, 2.05) is 7.05 Å². The highest BCUT2D eigenvalue weighted by Gasteiger charge is 2.14. The Bertz CT molecular complexity index is 280. The van der Waals surface area contributed by atoms with Crippen molar-refractivity contribution >= 4 is 0 Å². The van der Waals surface area contributed by atoms with Gasteiger partial charge < -0.3 is 10.1 Å². The summed E-state index contributed by atoms with van der Waals surface area (Å²) in [6.45, 7) is 2.69. The van der Waals surface area contributed by atoms with Gasteiger partial charge in [-0.15, -0.1) is 0 Å². The van der Waals surface area contributed by atoms with Crippen LogP contribution in [0.25, 0.3) is 0 Å². The molecule has 5 heteroatoms. The van der Waals surface area contributed by atoms with Crippen molar-refractivity contribution in [2.75, 3.05) is 13.1 Å². The summed E-state index contributed by atoms with van der Waals surface area (Å²) in [5, 5.41) is 7.30. The second-order valence-corrected chi connectivity index (χ2v) is 3.56. The normalized spacial score (nSPS) is 18.6. The minimum atomic E-state index is 0.382. The van der Waals surface area contributed by atoms with Crippen LogP contribution in [0.2, 0.25) is 0 Å². The molecule has 0 amide bonds. The van der Waals surface area contributed by atoms with Gasteiger partial charge in [-0.05, 0) is 25.9 Å². The largest absolute Gasteiger partial charge is 0.370 e. The van der Waals surface area contributed by atoms with Crippen molar-refractivity contribution in [3.05, 3.63) is 12.2 Å². The van der Waals surface area contributed by atoms with E-state index in [-0.39, 0.29) is 0 Å². The molecule has 0 spiro atoms. The zero-order valence-electron chi connectivity index (χ0n) is 8.44. The molecule has 1 aliphatic rings. The van der Waals surface area contributed by atoms with Gasteiger partial charge in [0.25, 0.3) is 0 Å². The molecule has 1 fully saturated rings. The predicted octanol–water partition coefficient (Wildman–Crippen LogP) is 0.0837. The third-order valence-electron chi connectivity index (χ3n) is 2.54. The van der Waals surface area contributed by atoms with Crippen molar-refractivity contribution in [1.29, 1.82) is 0 Å². The van der Waals surface area contributed by atoms with E-state index in [1.165, 1.54) is 0 Å². The number of hydrogen-bond donors (Lipinski definition) is 1. The van der Waals surface area contributed by atoms with Crippen LogP contribution in [-0.4, -0.2) is 34.0 Å². The highest BCUT2D eigenvalue weighted by Crippen LogP contribution is 2.09. The molecule has 0 atom stereocenters. The Labute approximate surface area is 83.5 Å². The minimum absolute atomic E-state index is 0.382. The van der Waals surface area contributed by atoms with Crippen LogP contribution < -0.4 is 5.32 Å². The van der Waals surface area contributed by atoms with Gasteiger partial charge in [-0.2, -0.15) is 5.10 Å². The summed E-state index contributed by atoms with van der Waals surface area (Å²) < 4.78 is 7.50. The molecule has 0 radical (unpaired) electrons. The Morgan fingerprint density at radius 1 is 1.57 bits per heavy atom. The summed E-state index contributed by atoms with van der Waals surface area (Å²) in [7, 11) is 1.88. The quantitative estimate of drug-likeness (QED) is 0.744. The molecule has 1 aliphatic heterocycles. The highest BCUT2D eigenvalue weighted by atomic mass is 16.5. The molecule has 1 saturated heterocycles. The van der Waals surface area contributed by atoms with E-state index in [0.29, 0.717) is 12.7 Å². The van der Waals surface area contributed by atoms with E-state index in [9.17, 15) is 0 Å². The van der Waals surface area contributed by atoms with Crippen LogP contribution in [0.1, 0.15) is 18.7 Å². The van der Waals surface area contributed by atoms with E-state index in [2.05, 4.69) is 15.4 Å². The SMILES string of the molecule is Cn1ncnc1COC1CCNCC1. The molecule has 2 rings (SSSR count). The zero-order chi connectivity index (χ0) is 9.80. The van der Waals surface area contributed by atoms with Crippen LogP contribution in [0, 0.1) is 0 Å². The molecule has 0 saturated carbocycles. The Kier molecular flexibility index (Phi) is 3.10. The van der Waals surface area contributed by atoms with Crippen molar-refractivity contribution in [3.63, 3.8) is 0 Å². The van der Waals surface area contributed by atoms with E-state index in [1.54, 1.807) is 11.0 Å². The number of piperidine rings is 1. The Morgan fingerprint density at radius 2 is 2.36 bits per heavy atom. The predicted molar refractivity (Wildman–Crippen MR) is 51.7 cm³/mol. The van der Waals surface area contributed by atoms with Crippen molar-refractivity contribution in [2.24, 2.45) is 7.05 Å². The number of nitrogens with zero attached hydrogens (tertiary/aromatic N) is 3. The van der Waals surface area contributed by atoms with E-state index < -0.39 is 0 Å². The van der Waals surface area contributed by atoms with Crippen molar-refractivity contribution < 1.29 is 4.74 Å². The second-order valence-electron chi connectivity index (χ2n) is 3.56.